The van der Waals surface area contributed by atoms with Crippen LogP contribution >= 0.6 is 34.5 Å². The number of hydrogen-bond acceptors (Lipinski definition) is 3. The Kier molecular flexibility index (Phi) is 6.08. The summed E-state index contributed by atoms with van der Waals surface area (Å²) in [6, 6.07) is 12.2. The molecule has 114 valence electrons. The first-order chi connectivity index (χ1) is 10.0. The van der Waals surface area contributed by atoms with E-state index in [0.29, 0.717) is 0 Å². The quantitative estimate of drug-likeness (QED) is 0.803. The normalized spacial score (nSPS) is 14.4. The van der Waals surface area contributed by atoms with Crippen molar-refractivity contribution in [1.82, 2.24) is 4.90 Å². The molecule has 0 aliphatic carbocycles. The Bertz CT molecular complexity index is 568. The zero-order chi connectivity index (χ0) is 15.4. The molecule has 0 aliphatic heterocycles. The molecule has 1 heterocycles. The zero-order valence-electron chi connectivity index (χ0n) is 12.2. The van der Waals surface area contributed by atoms with E-state index in [1.165, 1.54) is 10.4 Å². The highest BCUT2D eigenvalue weighted by molar-refractivity contribution is 7.16. The van der Waals surface area contributed by atoms with Crippen LogP contribution in [0.4, 0.5) is 0 Å². The van der Waals surface area contributed by atoms with E-state index in [4.69, 9.17) is 28.9 Å². The predicted octanol–water partition coefficient (Wildman–Crippen LogP) is 4.97. The highest BCUT2D eigenvalue weighted by Gasteiger charge is 2.24. The fraction of sp³-hybridized carbons (Fsp3) is 0.375. The Morgan fingerprint density at radius 2 is 1.81 bits per heavy atom. The Morgan fingerprint density at radius 1 is 1.14 bits per heavy atom. The van der Waals surface area contributed by atoms with Crippen LogP contribution in [0, 0.1) is 0 Å². The van der Waals surface area contributed by atoms with Gasteiger partial charge in [-0.25, -0.2) is 0 Å². The predicted molar refractivity (Wildman–Crippen MR) is 93.3 cm³/mol. The number of nitrogens with two attached hydrogens (primary N) is 1. The Balaban J connectivity index is 2.18. The van der Waals surface area contributed by atoms with Crippen molar-refractivity contribution in [3.05, 3.63) is 56.2 Å². The minimum absolute atomic E-state index is 0.0806. The van der Waals surface area contributed by atoms with Gasteiger partial charge in [0.2, 0.25) is 0 Å². The van der Waals surface area contributed by atoms with Gasteiger partial charge >= 0.3 is 0 Å². The monoisotopic (exact) mass is 342 g/mol. The average Bonchev–Trinajstić information content (AvgIpc) is 2.87. The summed E-state index contributed by atoms with van der Waals surface area (Å²) >= 11 is 13.6. The van der Waals surface area contributed by atoms with Gasteiger partial charge in [0, 0.05) is 22.5 Å². The van der Waals surface area contributed by atoms with E-state index in [1.807, 2.05) is 18.2 Å². The van der Waals surface area contributed by atoms with E-state index in [2.05, 4.69) is 37.1 Å². The van der Waals surface area contributed by atoms with Gasteiger partial charge in [-0.05, 0) is 43.3 Å². The highest BCUT2D eigenvalue weighted by Crippen LogP contribution is 2.33. The third-order valence-electron chi connectivity index (χ3n) is 3.58. The summed E-state index contributed by atoms with van der Waals surface area (Å²) in [7, 11) is 2.10. The van der Waals surface area contributed by atoms with Crippen LogP contribution in [-0.2, 0) is 6.54 Å². The number of likely N-dealkylation sites (N-methyl/N-ethyl adjacent to an activating group) is 1. The molecule has 2 atom stereocenters. The minimum atomic E-state index is 0.0806. The third kappa shape index (κ3) is 4.44. The van der Waals surface area contributed by atoms with Gasteiger partial charge in [0.15, 0.2) is 0 Å². The van der Waals surface area contributed by atoms with Crippen LogP contribution in [-0.4, -0.2) is 18.0 Å². The molecule has 21 heavy (non-hydrogen) atoms. The lowest BCUT2D eigenvalue weighted by molar-refractivity contribution is 0.205. The van der Waals surface area contributed by atoms with Gasteiger partial charge in [0.1, 0.15) is 0 Å². The standard InChI is InChI=1S/C16H20Cl2N2S/c1-3-13(19)16(14-8-9-15(18)21-14)20(2)10-11-4-6-12(17)7-5-11/h4-9,13,16H,3,10,19H2,1-2H3. The van der Waals surface area contributed by atoms with Crippen molar-refractivity contribution in [2.24, 2.45) is 5.73 Å². The van der Waals surface area contributed by atoms with Gasteiger partial charge in [0.05, 0.1) is 10.4 Å². The molecule has 0 bridgehead atoms. The molecule has 1 aromatic carbocycles. The van der Waals surface area contributed by atoms with Crippen LogP contribution in [0.5, 0.6) is 0 Å². The SMILES string of the molecule is CCC(N)C(c1ccc(Cl)s1)N(C)Cc1ccc(Cl)cc1. The van der Waals surface area contributed by atoms with Gasteiger partial charge in [-0.1, -0.05) is 42.3 Å². The minimum Gasteiger partial charge on any atom is -0.326 e. The zero-order valence-corrected chi connectivity index (χ0v) is 14.6. The van der Waals surface area contributed by atoms with Crippen LogP contribution < -0.4 is 5.73 Å². The van der Waals surface area contributed by atoms with Crippen molar-refractivity contribution in [2.45, 2.75) is 32.0 Å². The number of nitrogens with zero attached hydrogens (tertiary/aromatic N) is 1. The molecule has 1 aromatic heterocycles. The van der Waals surface area contributed by atoms with Crippen LogP contribution in [0.15, 0.2) is 36.4 Å². The largest absolute Gasteiger partial charge is 0.326 e. The van der Waals surface area contributed by atoms with Crippen LogP contribution in [0.1, 0.15) is 29.8 Å². The van der Waals surface area contributed by atoms with Crippen LogP contribution in [0.25, 0.3) is 0 Å². The number of thiophene rings is 1. The Labute approximate surface area is 140 Å². The first kappa shape index (κ1) is 16.8. The summed E-state index contributed by atoms with van der Waals surface area (Å²) in [5.41, 5.74) is 7.56. The van der Waals surface area contributed by atoms with Crippen molar-refractivity contribution < 1.29 is 0 Å². The van der Waals surface area contributed by atoms with Gasteiger partial charge in [-0.15, -0.1) is 11.3 Å². The second-order valence-electron chi connectivity index (χ2n) is 5.20. The summed E-state index contributed by atoms with van der Waals surface area (Å²) in [6.07, 6.45) is 0.922. The molecule has 0 saturated heterocycles. The lowest BCUT2D eigenvalue weighted by Gasteiger charge is -2.31. The smallest absolute Gasteiger partial charge is 0.0931 e. The average molecular weight is 343 g/mol. The molecule has 0 saturated carbocycles. The second kappa shape index (κ2) is 7.61. The van der Waals surface area contributed by atoms with Crippen molar-refractivity contribution in [3.8, 4) is 0 Å². The maximum absolute atomic E-state index is 6.34. The van der Waals surface area contributed by atoms with Gasteiger partial charge < -0.3 is 5.73 Å². The van der Waals surface area contributed by atoms with Crippen molar-refractivity contribution in [3.63, 3.8) is 0 Å². The van der Waals surface area contributed by atoms with E-state index in [0.717, 1.165) is 22.3 Å². The molecule has 2 aromatic rings. The van der Waals surface area contributed by atoms with Gasteiger partial charge in [-0.3, -0.25) is 4.90 Å². The summed E-state index contributed by atoms with van der Waals surface area (Å²) in [5, 5.41) is 0.758. The molecule has 0 radical (unpaired) electrons. The second-order valence-corrected chi connectivity index (χ2v) is 7.38. The van der Waals surface area contributed by atoms with Gasteiger partial charge in [-0.2, -0.15) is 0 Å². The lowest BCUT2D eigenvalue weighted by atomic mass is 10.0. The summed E-state index contributed by atoms with van der Waals surface area (Å²) in [6.45, 7) is 2.94. The molecular weight excluding hydrogens is 323 g/mol. The van der Waals surface area contributed by atoms with Crippen molar-refractivity contribution >= 4 is 34.5 Å². The fourth-order valence-corrected chi connectivity index (χ4v) is 3.87. The van der Waals surface area contributed by atoms with E-state index >= 15 is 0 Å². The van der Waals surface area contributed by atoms with Gasteiger partial charge in [0.25, 0.3) is 0 Å². The summed E-state index contributed by atoms with van der Waals surface area (Å²) in [4.78, 5) is 3.49. The Hall–Kier alpha value is -0.580. The number of hydrogen-bond donors (Lipinski definition) is 1. The van der Waals surface area contributed by atoms with Crippen LogP contribution in [0.2, 0.25) is 9.36 Å². The van der Waals surface area contributed by atoms with Crippen LogP contribution in [0.3, 0.4) is 0 Å². The fourth-order valence-electron chi connectivity index (χ4n) is 2.44. The van der Waals surface area contributed by atoms with E-state index < -0.39 is 0 Å². The molecule has 0 spiro atoms. The van der Waals surface area contributed by atoms with E-state index in [-0.39, 0.29) is 12.1 Å². The lowest BCUT2D eigenvalue weighted by Crippen LogP contribution is -2.38. The molecule has 0 fully saturated rings. The van der Waals surface area contributed by atoms with E-state index in [9.17, 15) is 0 Å². The molecule has 0 amide bonds. The first-order valence-corrected chi connectivity index (χ1v) is 8.54. The number of halogens is 2. The molecule has 2 nitrogen and oxygen atoms in total. The topological polar surface area (TPSA) is 29.3 Å². The number of benzene rings is 1. The number of rotatable bonds is 6. The van der Waals surface area contributed by atoms with Crippen molar-refractivity contribution in [2.75, 3.05) is 7.05 Å². The Morgan fingerprint density at radius 3 is 2.33 bits per heavy atom. The molecule has 2 N–H and O–H groups in total. The molecule has 2 unspecified atom stereocenters. The van der Waals surface area contributed by atoms with Crippen molar-refractivity contribution in [1.29, 1.82) is 0 Å². The molecule has 5 heteroatoms. The highest BCUT2D eigenvalue weighted by atomic mass is 35.5. The summed E-state index contributed by atoms with van der Waals surface area (Å²) in [5.74, 6) is 0. The first-order valence-electron chi connectivity index (χ1n) is 6.96. The molecular formula is C16H20Cl2N2S. The molecule has 0 aliphatic rings. The van der Waals surface area contributed by atoms with E-state index in [1.54, 1.807) is 11.3 Å². The summed E-state index contributed by atoms with van der Waals surface area (Å²) < 4.78 is 0.804. The molecule has 2 rings (SSSR count). The third-order valence-corrected chi connectivity index (χ3v) is 5.14. The maximum Gasteiger partial charge on any atom is 0.0931 e. The maximum atomic E-state index is 6.34.